The van der Waals surface area contributed by atoms with Gasteiger partial charge in [-0.15, -0.1) is 0 Å². The van der Waals surface area contributed by atoms with Crippen LogP contribution < -0.4 is 10.6 Å². The van der Waals surface area contributed by atoms with E-state index in [2.05, 4.69) is 10.6 Å². The summed E-state index contributed by atoms with van der Waals surface area (Å²) in [4.78, 5) is 24.8. The Labute approximate surface area is 134 Å². The average molecular weight is 323 g/mol. The molecule has 7 heteroatoms. The van der Waals surface area contributed by atoms with E-state index in [1.165, 1.54) is 12.1 Å². The second kappa shape index (κ2) is 8.03. The van der Waals surface area contributed by atoms with Gasteiger partial charge in [-0.25, -0.2) is 4.39 Å². The minimum absolute atomic E-state index is 0.163. The van der Waals surface area contributed by atoms with Crippen molar-refractivity contribution in [1.82, 2.24) is 15.5 Å². The summed E-state index contributed by atoms with van der Waals surface area (Å²) in [6, 6.07) is 5.26. The van der Waals surface area contributed by atoms with Gasteiger partial charge in [0.2, 0.25) is 5.91 Å². The molecule has 0 radical (unpaired) electrons. The lowest BCUT2D eigenvalue weighted by Crippen LogP contribution is -2.46. The minimum atomic E-state index is -0.917. The molecule has 126 valence electrons. The van der Waals surface area contributed by atoms with Crippen LogP contribution in [0.2, 0.25) is 0 Å². The molecule has 0 aromatic heterocycles. The molecule has 0 unspecified atom stereocenters. The van der Waals surface area contributed by atoms with Crippen LogP contribution in [-0.2, 0) is 16.1 Å². The predicted molar refractivity (Wildman–Crippen MR) is 83.3 cm³/mol. The zero-order valence-corrected chi connectivity index (χ0v) is 13.1. The number of halogens is 1. The normalized spacial score (nSPS) is 20.7. The van der Waals surface area contributed by atoms with Crippen LogP contribution >= 0.6 is 0 Å². The first-order valence-corrected chi connectivity index (χ1v) is 7.65. The van der Waals surface area contributed by atoms with E-state index in [0.717, 1.165) is 5.56 Å². The molecule has 1 saturated heterocycles. The largest absolute Gasteiger partial charge is 0.480 e. The van der Waals surface area contributed by atoms with Crippen LogP contribution in [0.5, 0.6) is 0 Å². The Hall–Kier alpha value is -1.99. The third kappa shape index (κ3) is 5.30. The fraction of sp³-hybridized carbons (Fsp3) is 0.500. The van der Waals surface area contributed by atoms with Gasteiger partial charge in [-0.05, 0) is 37.6 Å². The molecule has 1 aliphatic heterocycles. The number of likely N-dealkylation sites (N-methyl/N-ethyl adjacent to an activating group) is 1. The van der Waals surface area contributed by atoms with E-state index < -0.39 is 18.1 Å². The van der Waals surface area contributed by atoms with E-state index >= 15 is 0 Å². The summed E-state index contributed by atoms with van der Waals surface area (Å²) >= 11 is 0. The number of benzene rings is 1. The lowest BCUT2D eigenvalue weighted by Gasteiger charge is -2.18. The van der Waals surface area contributed by atoms with E-state index in [4.69, 9.17) is 5.11 Å². The molecule has 23 heavy (non-hydrogen) atoms. The minimum Gasteiger partial charge on any atom is -0.480 e. The van der Waals surface area contributed by atoms with Gasteiger partial charge in [-0.2, -0.15) is 0 Å². The molecular formula is C16H22FN3O3. The SMILES string of the molecule is CN(CCNC(=O)[C@H]1CC[C@@H](C(=O)O)N1)Cc1ccc(F)cc1. The highest BCUT2D eigenvalue weighted by molar-refractivity contribution is 5.84. The van der Waals surface area contributed by atoms with Crippen molar-refractivity contribution >= 4 is 11.9 Å². The molecule has 1 aromatic rings. The molecule has 0 spiro atoms. The Morgan fingerprint density at radius 2 is 1.96 bits per heavy atom. The monoisotopic (exact) mass is 323 g/mol. The van der Waals surface area contributed by atoms with Gasteiger partial charge in [0.25, 0.3) is 0 Å². The number of carbonyl (C=O) groups excluding carboxylic acids is 1. The smallest absolute Gasteiger partial charge is 0.320 e. The number of hydrogen-bond acceptors (Lipinski definition) is 4. The van der Waals surface area contributed by atoms with Crippen molar-refractivity contribution in [2.24, 2.45) is 0 Å². The van der Waals surface area contributed by atoms with Crippen LogP contribution in [-0.4, -0.2) is 54.1 Å². The van der Waals surface area contributed by atoms with Crippen LogP contribution in [0, 0.1) is 5.82 Å². The predicted octanol–water partition coefficient (Wildman–Crippen LogP) is 0.579. The number of nitrogens with one attached hydrogen (secondary N) is 2. The van der Waals surface area contributed by atoms with E-state index in [0.29, 0.717) is 32.5 Å². The molecule has 1 aliphatic rings. The van der Waals surface area contributed by atoms with Crippen molar-refractivity contribution in [2.75, 3.05) is 20.1 Å². The molecule has 1 amide bonds. The van der Waals surface area contributed by atoms with Crippen molar-refractivity contribution in [3.63, 3.8) is 0 Å². The van der Waals surface area contributed by atoms with Gasteiger partial charge in [0, 0.05) is 19.6 Å². The highest BCUT2D eigenvalue weighted by Crippen LogP contribution is 2.12. The summed E-state index contributed by atoms with van der Waals surface area (Å²) in [5, 5.41) is 14.5. The van der Waals surface area contributed by atoms with Crippen molar-refractivity contribution < 1.29 is 19.1 Å². The Kier molecular flexibility index (Phi) is 6.06. The number of carbonyl (C=O) groups is 2. The molecular weight excluding hydrogens is 301 g/mol. The second-order valence-electron chi connectivity index (χ2n) is 5.84. The van der Waals surface area contributed by atoms with Gasteiger partial charge in [0.15, 0.2) is 0 Å². The van der Waals surface area contributed by atoms with Crippen LogP contribution in [0.4, 0.5) is 4.39 Å². The third-order valence-electron chi connectivity index (χ3n) is 3.92. The number of amides is 1. The summed E-state index contributed by atoms with van der Waals surface area (Å²) in [6.45, 7) is 1.80. The Morgan fingerprint density at radius 3 is 2.57 bits per heavy atom. The summed E-state index contributed by atoms with van der Waals surface area (Å²) in [7, 11) is 1.92. The number of hydrogen-bond donors (Lipinski definition) is 3. The fourth-order valence-corrected chi connectivity index (χ4v) is 2.62. The van der Waals surface area contributed by atoms with Gasteiger partial charge < -0.3 is 15.3 Å². The standard InChI is InChI=1S/C16H22FN3O3/c1-20(10-11-2-4-12(17)5-3-11)9-8-18-15(21)13-6-7-14(19-13)16(22)23/h2-5,13-14,19H,6-10H2,1H3,(H,18,21)(H,22,23)/t13-,14+/m1/s1. The van der Waals surface area contributed by atoms with Gasteiger partial charge >= 0.3 is 5.97 Å². The van der Waals surface area contributed by atoms with Gasteiger partial charge in [-0.3, -0.25) is 14.9 Å². The third-order valence-corrected chi connectivity index (χ3v) is 3.92. The molecule has 1 heterocycles. The maximum atomic E-state index is 12.8. The first kappa shape index (κ1) is 17.4. The van der Waals surface area contributed by atoms with Gasteiger partial charge in [0.1, 0.15) is 11.9 Å². The summed E-state index contributed by atoms with van der Waals surface area (Å²) in [6.07, 6.45) is 1.01. The Morgan fingerprint density at radius 1 is 1.30 bits per heavy atom. The summed E-state index contributed by atoms with van der Waals surface area (Å²) in [5.74, 6) is -1.34. The van der Waals surface area contributed by atoms with E-state index in [1.807, 2.05) is 11.9 Å². The number of nitrogens with zero attached hydrogens (tertiary/aromatic N) is 1. The lowest BCUT2D eigenvalue weighted by molar-refractivity contribution is -0.139. The maximum absolute atomic E-state index is 12.8. The number of rotatable bonds is 7. The molecule has 0 aliphatic carbocycles. The highest BCUT2D eigenvalue weighted by atomic mass is 19.1. The zero-order chi connectivity index (χ0) is 16.8. The lowest BCUT2D eigenvalue weighted by atomic mass is 10.2. The molecule has 1 aromatic carbocycles. The van der Waals surface area contributed by atoms with E-state index in [-0.39, 0.29) is 11.7 Å². The Bertz CT molecular complexity index is 550. The average Bonchev–Trinajstić information content (AvgIpc) is 3.00. The molecule has 2 rings (SSSR count). The van der Waals surface area contributed by atoms with Crippen LogP contribution in [0.15, 0.2) is 24.3 Å². The van der Waals surface area contributed by atoms with E-state index in [1.54, 1.807) is 12.1 Å². The van der Waals surface area contributed by atoms with Crippen molar-refractivity contribution in [3.05, 3.63) is 35.6 Å². The van der Waals surface area contributed by atoms with Crippen LogP contribution in [0.1, 0.15) is 18.4 Å². The van der Waals surface area contributed by atoms with Gasteiger partial charge in [0.05, 0.1) is 6.04 Å². The van der Waals surface area contributed by atoms with Crippen LogP contribution in [0.3, 0.4) is 0 Å². The number of carboxylic acids is 1. The number of aliphatic carboxylic acids is 1. The molecule has 0 bridgehead atoms. The van der Waals surface area contributed by atoms with Crippen molar-refractivity contribution in [1.29, 1.82) is 0 Å². The maximum Gasteiger partial charge on any atom is 0.320 e. The fourth-order valence-electron chi connectivity index (χ4n) is 2.62. The van der Waals surface area contributed by atoms with E-state index in [9.17, 15) is 14.0 Å². The van der Waals surface area contributed by atoms with Gasteiger partial charge in [-0.1, -0.05) is 12.1 Å². The summed E-state index contributed by atoms with van der Waals surface area (Å²) in [5.41, 5.74) is 1.00. The molecule has 2 atom stereocenters. The number of carboxylic acid groups (broad SMARTS) is 1. The topological polar surface area (TPSA) is 81.7 Å². The molecule has 3 N–H and O–H groups in total. The second-order valence-corrected chi connectivity index (χ2v) is 5.84. The summed E-state index contributed by atoms with van der Waals surface area (Å²) < 4.78 is 12.8. The Balaban J connectivity index is 1.67. The molecule has 6 nitrogen and oxygen atoms in total. The first-order chi connectivity index (χ1) is 11.0. The van der Waals surface area contributed by atoms with Crippen LogP contribution in [0.25, 0.3) is 0 Å². The highest BCUT2D eigenvalue weighted by Gasteiger charge is 2.32. The molecule has 1 fully saturated rings. The first-order valence-electron chi connectivity index (χ1n) is 7.65. The zero-order valence-electron chi connectivity index (χ0n) is 13.1. The van der Waals surface area contributed by atoms with Crippen molar-refractivity contribution in [2.45, 2.75) is 31.5 Å². The molecule has 0 saturated carbocycles. The quantitative estimate of drug-likeness (QED) is 0.684. The van der Waals surface area contributed by atoms with Crippen molar-refractivity contribution in [3.8, 4) is 0 Å².